The second-order valence-electron chi connectivity index (χ2n) is 4.71. The van der Waals surface area contributed by atoms with E-state index < -0.39 is 0 Å². The molecule has 0 spiro atoms. The zero-order chi connectivity index (χ0) is 12.5. The summed E-state index contributed by atoms with van der Waals surface area (Å²) in [7, 11) is 0. The lowest BCUT2D eigenvalue weighted by molar-refractivity contribution is 0.340. The van der Waals surface area contributed by atoms with E-state index in [0.717, 1.165) is 18.7 Å². The van der Waals surface area contributed by atoms with E-state index in [9.17, 15) is 0 Å². The van der Waals surface area contributed by atoms with Crippen LogP contribution in [0.15, 0.2) is 28.8 Å². The van der Waals surface area contributed by atoms with Crippen molar-refractivity contribution in [3.05, 3.63) is 35.2 Å². The number of nitrogens with zero attached hydrogens (tertiary/aromatic N) is 2. The van der Waals surface area contributed by atoms with Crippen LogP contribution in [0.1, 0.15) is 18.7 Å². The lowest BCUT2D eigenvalue weighted by Gasteiger charge is -2.07. The van der Waals surface area contributed by atoms with Gasteiger partial charge in [-0.25, -0.2) is 0 Å². The summed E-state index contributed by atoms with van der Waals surface area (Å²) in [5.41, 5.74) is 0.885. The fraction of sp³-hybridized carbons (Fsp3) is 0.385. The Morgan fingerprint density at radius 2 is 2.28 bits per heavy atom. The van der Waals surface area contributed by atoms with Crippen LogP contribution in [-0.4, -0.2) is 23.2 Å². The van der Waals surface area contributed by atoms with Crippen molar-refractivity contribution in [2.24, 2.45) is 5.92 Å². The molecule has 2 atom stereocenters. The highest BCUT2D eigenvalue weighted by Gasteiger charge is 2.29. The highest BCUT2D eigenvalue weighted by molar-refractivity contribution is 6.30. The number of aromatic nitrogens is 2. The normalized spacial score (nSPS) is 23.4. The Hall–Kier alpha value is -1.39. The first kappa shape index (κ1) is 11.7. The molecule has 4 nitrogen and oxygen atoms in total. The van der Waals surface area contributed by atoms with E-state index in [-0.39, 0.29) is 0 Å². The molecule has 3 rings (SSSR count). The molecule has 1 aromatic carbocycles. The topological polar surface area (TPSA) is 51.0 Å². The molecule has 0 amide bonds. The number of halogens is 1. The van der Waals surface area contributed by atoms with Crippen LogP contribution in [0.4, 0.5) is 0 Å². The van der Waals surface area contributed by atoms with E-state index in [1.54, 1.807) is 0 Å². The minimum atomic E-state index is 0.311. The van der Waals surface area contributed by atoms with Gasteiger partial charge in [0.05, 0.1) is 5.92 Å². The predicted octanol–water partition coefficient (Wildman–Crippen LogP) is 2.71. The van der Waals surface area contributed by atoms with Crippen molar-refractivity contribution in [3.8, 4) is 11.4 Å². The number of hydrogen-bond donors (Lipinski definition) is 1. The Morgan fingerprint density at radius 1 is 1.39 bits per heavy atom. The van der Waals surface area contributed by atoms with Crippen molar-refractivity contribution in [1.82, 2.24) is 15.5 Å². The summed E-state index contributed by atoms with van der Waals surface area (Å²) in [6.45, 7) is 4.09. The van der Waals surface area contributed by atoms with Crippen LogP contribution in [0.5, 0.6) is 0 Å². The van der Waals surface area contributed by atoms with E-state index in [4.69, 9.17) is 16.1 Å². The fourth-order valence-electron chi connectivity index (χ4n) is 2.27. The molecule has 1 aromatic heterocycles. The summed E-state index contributed by atoms with van der Waals surface area (Å²) in [6, 6.07) is 7.48. The van der Waals surface area contributed by atoms with Gasteiger partial charge in [0.1, 0.15) is 0 Å². The molecule has 2 heterocycles. The molecule has 18 heavy (non-hydrogen) atoms. The van der Waals surface area contributed by atoms with Gasteiger partial charge in [-0.2, -0.15) is 4.98 Å². The van der Waals surface area contributed by atoms with Crippen molar-refractivity contribution in [3.63, 3.8) is 0 Å². The zero-order valence-corrected chi connectivity index (χ0v) is 10.8. The summed E-state index contributed by atoms with van der Waals surface area (Å²) < 4.78 is 5.37. The minimum Gasteiger partial charge on any atom is -0.339 e. The van der Waals surface area contributed by atoms with Crippen molar-refractivity contribution < 1.29 is 4.52 Å². The third-order valence-corrected chi connectivity index (χ3v) is 3.59. The number of rotatable bonds is 2. The lowest BCUT2D eigenvalue weighted by atomic mass is 9.98. The maximum absolute atomic E-state index is 5.96. The van der Waals surface area contributed by atoms with Gasteiger partial charge < -0.3 is 9.84 Å². The molecule has 0 radical (unpaired) electrons. The number of nitrogens with one attached hydrogen (secondary N) is 1. The molecule has 2 aromatic rings. The Bertz CT molecular complexity index is 555. The Labute approximate surface area is 110 Å². The first-order valence-corrected chi connectivity index (χ1v) is 6.42. The lowest BCUT2D eigenvalue weighted by Crippen LogP contribution is -2.08. The van der Waals surface area contributed by atoms with E-state index in [1.807, 2.05) is 24.3 Å². The summed E-state index contributed by atoms with van der Waals surface area (Å²) in [5.74, 6) is 2.15. The van der Waals surface area contributed by atoms with Crippen LogP contribution in [0.2, 0.25) is 5.02 Å². The molecule has 2 unspecified atom stereocenters. The molecule has 1 N–H and O–H groups in total. The molecule has 0 aliphatic carbocycles. The molecule has 1 aliphatic heterocycles. The summed E-state index contributed by atoms with van der Waals surface area (Å²) in [6.07, 6.45) is 0. The van der Waals surface area contributed by atoms with Gasteiger partial charge in [0.25, 0.3) is 0 Å². The van der Waals surface area contributed by atoms with Gasteiger partial charge in [-0.1, -0.05) is 35.8 Å². The van der Waals surface area contributed by atoms with Gasteiger partial charge in [0.15, 0.2) is 0 Å². The quantitative estimate of drug-likeness (QED) is 0.905. The van der Waals surface area contributed by atoms with E-state index in [1.165, 1.54) is 0 Å². The predicted molar refractivity (Wildman–Crippen MR) is 69.5 cm³/mol. The summed E-state index contributed by atoms with van der Waals surface area (Å²) in [4.78, 5) is 4.48. The molecule has 94 valence electrons. The third-order valence-electron chi connectivity index (χ3n) is 3.36. The zero-order valence-electron chi connectivity index (χ0n) is 10.1. The smallest absolute Gasteiger partial charge is 0.231 e. The van der Waals surface area contributed by atoms with Crippen LogP contribution in [0, 0.1) is 5.92 Å². The van der Waals surface area contributed by atoms with Gasteiger partial charge in [0.2, 0.25) is 11.7 Å². The van der Waals surface area contributed by atoms with Crippen molar-refractivity contribution in [2.45, 2.75) is 12.8 Å². The first-order chi connectivity index (χ1) is 8.74. The largest absolute Gasteiger partial charge is 0.339 e. The van der Waals surface area contributed by atoms with Gasteiger partial charge >= 0.3 is 0 Å². The van der Waals surface area contributed by atoms with E-state index in [0.29, 0.717) is 28.6 Å². The second-order valence-corrected chi connectivity index (χ2v) is 5.15. The Balaban J connectivity index is 1.89. The van der Waals surface area contributed by atoms with Crippen LogP contribution in [0.3, 0.4) is 0 Å². The summed E-state index contributed by atoms with van der Waals surface area (Å²) >= 11 is 5.96. The van der Waals surface area contributed by atoms with Crippen LogP contribution >= 0.6 is 11.6 Å². The molecule has 1 fully saturated rings. The van der Waals surface area contributed by atoms with Crippen LogP contribution in [-0.2, 0) is 0 Å². The summed E-state index contributed by atoms with van der Waals surface area (Å²) in [5, 5.41) is 8.04. The molecule has 5 heteroatoms. The van der Waals surface area contributed by atoms with E-state index >= 15 is 0 Å². The molecule has 0 bridgehead atoms. The van der Waals surface area contributed by atoms with Gasteiger partial charge in [-0.15, -0.1) is 0 Å². The van der Waals surface area contributed by atoms with Crippen molar-refractivity contribution in [1.29, 1.82) is 0 Å². The highest BCUT2D eigenvalue weighted by Crippen LogP contribution is 2.28. The maximum Gasteiger partial charge on any atom is 0.231 e. The minimum absolute atomic E-state index is 0.311. The van der Waals surface area contributed by atoms with Crippen molar-refractivity contribution in [2.75, 3.05) is 13.1 Å². The molecule has 1 saturated heterocycles. The van der Waals surface area contributed by atoms with Crippen LogP contribution in [0.25, 0.3) is 11.4 Å². The Morgan fingerprint density at radius 3 is 3.00 bits per heavy atom. The monoisotopic (exact) mass is 263 g/mol. The van der Waals surface area contributed by atoms with E-state index in [2.05, 4.69) is 22.4 Å². The van der Waals surface area contributed by atoms with Gasteiger partial charge in [-0.3, -0.25) is 0 Å². The maximum atomic E-state index is 5.96. The fourth-order valence-corrected chi connectivity index (χ4v) is 2.46. The number of benzene rings is 1. The standard InChI is InChI=1S/C13H14ClN3O/c1-8-6-15-7-11(8)13-16-12(17-18-13)9-3-2-4-10(14)5-9/h2-5,8,11,15H,6-7H2,1H3. The molecule has 1 aliphatic rings. The first-order valence-electron chi connectivity index (χ1n) is 6.04. The average molecular weight is 264 g/mol. The third kappa shape index (κ3) is 2.13. The molecule has 0 saturated carbocycles. The second kappa shape index (κ2) is 4.71. The van der Waals surface area contributed by atoms with Gasteiger partial charge in [-0.05, 0) is 24.6 Å². The molecular weight excluding hydrogens is 250 g/mol. The average Bonchev–Trinajstić information content (AvgIpc) is 2.97. The molecular formula is C13H14ClN3O. The highest BCUT2D eigenvalue weighted by atomic mass is 35.5. The van der Waals surface area contributed by atoms with Gasteiger partial charge in [0, 0.05) is 17.1 Å². The SMILES string of the molecule is CC1CNCC1c1nc(-c2cccc(Cl)c2)no1. The number of hydrogen-bond acceptors (Lipinski definition) is 4. The van der Waals surface area contributed by atoms with Crippen molar-refractivity contribution >= 4 is 11.6 Å². The van der Waals surface area contributed by atoms with Crippen LogP contribution < -0.4 is 5.32 Å². The Kier molecular flexibility index (Phi) is 3.06.